The molecule has 1 saturated heterocycles. The van der Waals surface area contributed by atoms with Gasteiger partial charge in [0.2, 0.25) is 0 Å². The molecule has 2 heteroatoms. The molecule has 0 aromatic heterocycles. The topological polar surface area (TPSA) is 21.3 Å². The first kappa shape index (κ1) is 8.75. The van der Waals surface area contributed by atoms with E-state index in [-0.39, 0.29) is 0 Å². The van der Waals surface area contributed by atoms with E-state index in [0.29, 0.717) is 6.10 Å². The monoisotopic (exact) mass is 155 g/mol. The molecule has 0 bridgehead atoms. The Labute approximate surface area is 68.6 Å². The molecule has 1 aliphatic rings. The van der Waals surface area contributed by atoms with Gasteiger partial charge in [-0.05, 0) is 25.8 Å². The minimum absolute atomic E-state index is 0.521. The molecule has 1 unspecified atom stereocenters. The summed E-state index contributed by atoms with van der Waals surface area (Å²) in [7, 11) is 0. The highest BCUT2D eigenvalue weighted by atomic mass is 16.5. The van der Waals surface area contributed by atoms with Crippen molar-refractivity contribution in [2.45, 2.75) is 25.4 Å². The van der Waals surface area contributed by atoms with Gasteiger partial charge in [-0.3, -0.25) is 0 Å². The van der Waals surface area contributed by atoms with Crippen molar-refractivity contribution in [1.29, 1.82) is 0 Å². The smallest absolute Gasteiger partial charge is 0.0588 e. The lowest BCUT2D eigenvalue weighted by Gasteiger charge is -2.08. The van der Waals surface area contributed by atoms with Crippen LogP contribution in [0.5, 0.6) is 0 Å². The Balaban J connectivity index is 1.89. The standard InChI is InChI=1S/C9H17NO/c1-2-6-10-7-5-9-4-3-8-11-9/h2,9-10H,1,3-8H2. The third-order valence-electron chi connectivity index (χ3n) is 1.96. The van der Waals surface area contributed by atoms with Crippen molar-refractivity contribution >= 4 is 0 Å². The Bertz CT molecular complexity index is 108. The maximum absolute atomic E-state index is 5.47. The lowest BCUT2D eigenvalue weighted by molar-refractivity contribution is 0.104. The summed E-state index contributed by atoms with van der Waals surface area (Å²) in [6.07, 6.45) is 6.04. The van der Waals surface area contributed by atoms with Gasteiger partial charge in [-0.2, -0.15) is 0 Å². The summed E-state index contributed by atoms with van der Waals surface area (Å²) >= 11 is 0. The number of ether oxygens (including phenoxy) is 1. The number of hydrogen-bond donors (Lipinski definition) is 1. The van der Waals surface area contributed by atoms with Gasteiger partial charge in [0.15, 0.2) is 0 Å². The van der Waals surface area contributed by atoms with Crippen LogP contribution in [0.3, 0.4) is 0 Å². The van der Waals surface area contributed by atoms with E-state index in [0.717, 1.165) is 26.1 Å². The molecule has 1 aliphatic heterocycles. The summed E-state index contributed by atoms with van der Waals surface area (Å²) in [6, 6.07) is 0. The Morgan fingerprint density at radius 1 is 1.64 bits per heavy atom. The fourth-order valence-corrected chi connectivity index (χ4v) is 1.34. The third kappa shape index (κ3) is 3.54. The van der Waals surface area contributed by atoms with Crippen LogP contribution in [0.25, 0.3) is 0 Å². The van der Waals surface area contributed by atoms with Crippen LogP contribution in [0.1, 0.15) is 19.3 Å². The molecule has 1 rings (SSSR count). The summed E-state index contributed by atoms with van der Waals surface area (Å²) in [5, 5.41) is 3.26. The highest BCUT2D eigenvalue weighted by Gasteiger charge is 2.13. The molecule has 0 aromatic carbocycles. The molecule has 1 fully saturated rings. The molecule has 64 valence electrons. The Morgan fingerprint density at radius 3 is 3.18 bits per heavy atom. The van der Waals surface area contributed by atoms with Crippen molar-refractivity contribution in [3.05, 3.63) is 12.7 Å². The first-order valence-electron chi connectivity index (χ1n) is 4.36. The fraction of sp³-hybridized carbons (Fsp3) is 0.778. The zero-order chi connectivity index (χ0) is 7.94. The van der Waals surface area contributed by atoms with Crippen molar-refractivity contribution in [3.63, 3.8) is 0 Å². The largest absolute Gasteiger partial charge is 0.378 e. The maximum atomic E-state index is 5.47. The van der Waals surface area contributed by atoms with Crippen molar-refractivity contribution in [3.8, 4) is 0 Å². The summed E-state index contributed by atoms with van der Waals surface area (Å²) in [6.45, 7) is 6.56. The maximum Gasteiger partial charge on any atom is 0.0588 e. The van der Waals surface area contributed by atoms with Gasteiger partial charge in [0.25, 0.3) is 0 Å². The molecule has 1 atom stereocenters. The lowest BCUT2D eigenvalue weighted by atomic mass is 10.2. The Kier molecular flexibility index (Phi) is 4.24. The van der Waals surface area contributed by atoms with Crippen LogP contribution < -0.4 is 5.32 Å². The van der Waals surface area contributed by atoms with E-state index in [1.54, 1.807) is 0 Å². The molecule has 2 nitrogen and oxygen atoms in total. The molecule has 0 spiro atoms. The highest BCUT2D eigenvalue weighted by molar-refractivity contribution is 4.71. The number of hydrogen-bond acceptors (Lipinski definition) is 2. The van der Waals surface area contributed by atoms with E-state index in [4.69, 9.17) is 4.74 Å². The zero-order valence-corrected chi connectivity index (χ0v) is 7.01. The number of rotatable bonds is 5. The van der Waals surface area contributed by atoms with E-state index in [2.05, 4.69) is 11.9 Å². The summed E-state index contributed by atoms with van der Waals surface area (Å²) < 4.78 is 5.47. The van der Waals surface area contributed by atoms with Crippen molar-refractivity contribution in [1.82, 2.24) is 5.32 Å². The second kappa shape index (κ2) is 5.33. The molecule has 0 aromatic rings. The van der Waals surface area contributed by atoms with E-state index in [9.17, 15) is 0 Å². The predicted octanol–water partition coefficient (Wildman–Crippen LogP) is 1.33. The molecular formula is C9H17NO. The quantitative estimate of drug-likeness (QED) is 0.477. The lowest BCUT2D eigenvalue weighted by Crippen LogP contribution is -2.19. The van der Waals surface area contributed by atoms with E-state index in [1.807, 2.05) is 6.08 Å². The summed E-state index contributed by atoms with van der Waals surface area (Å²) in [5.74, 6) is 0. The van der Waals surface area contributed by atoms with Gasteiger partial charge in [-0.25, -0.2) is 0 Å². The minimum atomic E-state index is 0.521. The first-order valence-corrected chi connectivity index (χ1v) is 4.36. The molecule has 11 heavy (non-hydrogen) atoms. The van der Waals surface area contributed by atoms with Crippen LogP contribution in [0.15, 0.2) is 12.7 Å². The molecule has 0 aliphatic carbocycles. The van der Waals surface area contributed by atoms with Crippen molar-refractivity contribution in [2.24, 2.45) is 0 Å². The van der Waals surface area contributed by atoms with Gasteiger partial charge in [0.1, 0.15) is 0 Å². The fourth-order valence-electron chi connectivity index (χ4n) is 1.34. The van der Waals surface area contributed by atoms with E-state index in [1.165, 1.54) is 12.8 Å². The van der Waals surface area contributed by atoms with Gasteiger partial charge in [-0.15, -0.1) is 6.58 Å². The number of nitrogens with one attached hydrogen (secondary N) is 1. The van der Waals surface area contributed by atoms with Crippen LogP contribution in [-0.4, -0.2) is 25.8 Å². The molecule has 1 N–H and O–H groups in total. The molecule has 0 saturated carbocycles. The van der Waals surface area contributed by atoms with Gasteiger partial charge in [0.05, 0.1) is 6.10 Å². The normalized spacial score (nSPS) is 23.8. The Hall–Kier alpha value is -0.340. The van der Waals surface area contributed by atoms with Gasteiger partial charge < -0.3 is 10.1 Å². The molecule has 0 amide bonds. The molecule has 0 radical (unpaired) electrons. The molecule has 1 heterocycles. The molecular weight excluding hydrogens is 138 g/mol. The zero-order valence-electron chi connectivity index (χ0n) is 7.01. The van der Waals surface area contributed by atoms with E-state index < -0.39 is 0 Å². The third-order valence-corrected chi connectivity index (χ3v) is 1.96. The van der Waals surface area contributed by atoms with Crippen LogP contribution in [0.4, 0.5) is 0 Å². The van der Waals surface area contributed by atoms with Crippen LogP contribution in [0, 0.1) is 0 Å². The second-order valence-electron chi connectivity index (χ2n) is 2.92. The Morgan fingerprint density at radius 2 is 2.55 bits per heavy atom. The van der Waals surface area contributed by atoms with Crippen molar-refractivity contribution < 1.29 is 4.74 Å². The average Bonchev–Trinajstić information content (AvgIpc) is 2.50. The minimum Gasteiger partial charge on any atom is -0.378 e. The SMILES string of the molecule is C=CCNCCC1CCCO1. The van der Waals surface area contributed by atoms with Crippen molar-refractivity contribution in [2.75, 3.05) is 19.7 Å². The van der Waals surface area contributed by atoms with Gasteiger partial charge in [-0.1, -0.05) is 6.08 Å². The first-order chi connectivity index (χ1) is 5.43. The predicted molar refractivity (Wildman–Crippen MR) is 46.7 cm³/mol. The van der Waals surface area contributed by atoms with Crippen LogP contribution in [-0.2, 0) is 4.74 Å². The van der Waals surface area contributed by atoms with E-state index >= 15 is 0 Å². The average molecular weight is 155 g/mol. The highest BCUT2D eigenvalue weighted by Crippen LogP contribution is 2.14. The van der Waals surface area contributed by atoms with Gasteiger partial charge >= 0.3 is 0 Å². The van der Waals surface area contributed by atoms with Crippen LogP contribution in [0.2, 0.25) is 0 Å². The van der Waals surface area contributed by atoms with Crippen LogP contribution >= 0.6 is 0 Å². The summed E-state index contributed by atoms with van der Waals surface area (Å²) in [5.41, 5.74) is 0. The second-order valence-corrected chi connectivity index (χ2v) is 2.92. The summed E-state index contributed by atoms with van der Waals surface area (Å²) in [4.78, 5) is 0. The van der Waals surface area contributed by atoms with Gasteiger partial charge in [0, 0.05) is 13.2 Å².